The van der Waals surface area contributed by atoms with E-state index in [0.717, 1.165) is 6.42 Å². The van der Waals surface area contributed by atoms with Crippen molar-refractivity contribution in [2.75, 3.05) is 0 Å². The number of aliphatic hydroxyl groups is 1. The lowest BCUT2D eigenvalue weighted by atomic mass is 10.0. The normalized spacial score (nSPS) is 42.5. The molecule has 2 aliphatic heterocycles. The molecule has 1 N–H and O–H groups in total. The maximum Gasteiger partial charge on any atom is 0.0710 e. The van der Waals surface area contributed by atoms with Crippen LogP contribution in [0.15, 0.2) is 0 Å². The van der Waals surface area contributed by atoms with Crippen LogP contribution in [0.1, 0.15) is 39.5 Å². The van der Waals surface area contributed by atoms with Gasteiger partial charge in [-0.15, -0.1) is 0 Å². The lowest BCUT2D eigenvalue weighted by Crippen LogP contribution is -2.46. The summed E-state index contributed by atoms with van der Waals surface area (Å²) < 4.78 is 0. The highest BCUT2D eigenvalue weighted by Gasteiger charge is 2.43. The van der Waals surface area contributed by atoms with Gasteiger partial charge in [-0.05, 0) is 33.1 Å². The van der Waals surface area contributed by atoms with E-state index >= 15 is 0 Å². The highest BCUT2D eigenvalue weighted by molar-refractivity contribution is 4.98. The van der Waals surface area contributed by atoms with E-state index in [9.17, 15) is 5.11 Å². The van der Waals surface area contributed by atoms with Crippen molar-refractivity contribution in [2.24, 2.45) is 0 Å². The predicted octanol–water partition coefficient (Wildman–Crippen LogP) is 1.38. The number of hydrogen-bond acceptors (Lipinski definition) is 2. The third-order valence-corrected chi connectivity index (χ3v) is 3.40. The topological polar surface area (TPSA) is 23.5 Å². The number of fused-ring (bicyclic) bond motifs is 2. The Morgan fingerprint density at radius 3 is 2.58 bits per heavy atom. The molecule has 0 aromatic heterocycles. The van der Waals surface area contributed by atoms with Gasteiger partial charge in [0.05, 0.1) is 6.10 Å². The minimum Gasteiger partial charge on any atom is -0.391 e. The fourth-order valence-electron chi connectivity index (χ4n) is 3.00. The van der Waals surface area contributed by atoms with Crippen molar-refractivity contribution in [1.29, 1.82) is 0 Å². The van der Waals surface area contributed by atoms with E-state index in [1.165, 1.54) is 19.3 Å². The molecule has 2 aliphatic rings. The predicted molar refractivity (Wildman–Crippen MR) is 49.0 cm³/mol. The zero-order chi connectivity index (χ0) is 8.72. The second kappa shape index (κ2) is 3.00. The SMILES string of the molecule is CC(C)N1[C@@H]2CCC[C@H]1[C@@H](O)C2. The average molecular weight is 169 g/mol. The van der Waals surface area contributed by atoms with Gasteiger partial charge in [-0.1, -0.05) is 6.42 Å². The second-order valence-electron chi connectivity index (χ2n) is 4.50. The smallest absolute Gasteiger partial charge is 0.0710 e. The van der Waals surface area contributed by atoms with E-state index in [0.29, 0.717) is 18.1 Å². The maximum absolute atomic E-state index is 9.78. The first kappa shape index (κ1) is 8.52. The monoisotopic (exact) mass is 169 g/mol. The molecule has 0 aromatic rings. The molecule has 2 rings (SSSR count). The Kier molecular flexibility index (Phi) is 2.13. The van der Waals surface area contributed by atoms with Crippen molar-refractivity contribution in [3.8, 4) is 0 Å². The minimum atomic E-state index is -0.0418. The highest BCUT2D eigenvalue weighted by atomic mass is 16.3. The summed E-state index contributed by atoms with van der Waals surface area (Å²) in [5.41, 5.74) is 0. The average Bonchev–Trinajstić information content (AvgIpc) is 2.20. The molecule has 3 atom stereocenters. The molecule has 2 nitrogen and oxygen atoms in total. The number of aliphatic hydroxyl groups excluding tert-OH is 1. The van der Waals surface area contributed by atoms with Crippen LogP contribution < -0.4 is 0 Å². The first-order valence-electron chi connectivity index (χ1n) is 5.15. The second-order valence-corrected chi connectivity index (χ2v) is 4.50. The van der Waals surface area contributed by atoms with Gasteiger partial charge in [0.15, 0.2) is 0 Å². The zero-order valence-electron chi connectivity index (χ0n) is 8.03. The molecule has 0 radical (unpaired) electrons. The van der Waals surface area contributed by atoms with Crippen LogP contribution >= 0.6 is 0 Å². The summed E-state index contributed by atoms with van der Waals surface area (Å²) in [5, 5.41) is 9.78. The summed E-state index contributed by atoms with van der Waals surface area (Å²) in [6, 6.07) is 1.76. The molecule has 2 fully saturated rings. The van der Waals surface area contributed by atoms with E-state index in [4.69, 9.17) is 0 Å². The molecule has 2 saturated heterocycles. The van der Waals surface area contributed by atoms with Crippen molar-refractivity contribution in [3.05, 3.63) is 0 Å². The molecule has 12 heavy (non-hydrogen) atoms. The zero-order valence-corrected chi connectivity index (χ0v) is 8.03. The molecular formula is C10H19NO. The molecule has 2 heteroatoms. The molecule has 0 saturated carbocycles. The van der Waals surface area contributed by atoms with E-state index in [-0.39, 0.29) is 6.10 Å². The van der Waals surface area contributed by atoms with Crippen LogP contribution in [0.2, 0.25) is 0 Å². The van der Waals surface area contributed by atoms with E-state index in [2.05, 4.69) is 18.7 Å². The summed E-state index contributed by atoms with van der Waals surface area (Å²) in [6.07, 6.45) is 4.79. The first-order chi connectivity index (χ1) is 5.70. The summed E-state index contributed by atoms with van der Waals surface area (Å²) >= 11 is 0. The van der Waals surface area contributed by atoms with Crippen LogP contribution in [0.5, 0.6) is 0 Å². The number of hydrogen-bond donors (Lipinski definition) is 1. The van der Waals surface area contributed by atoms with E-state index < -0.39 is 0 Å². The van der Waals surface area contributed by atoms with Gasteiger partial charge in [0.2, 0.25) is 0 Å². The van der Waals surface area contributed by atoms with Crippen LogP contribution in [0, 0.1) is 0 Å². The number of nitrogens with zero attached hydrogens (tertiary/aromatic N) is 1. The van der Waals surface area contributed by atoms with Crippen molar-refractivity contribution in [1.82, 2.24) is 4.90 Å². The Balaban J connectivity index is 2.14. The number of rotatable bonds is 1. The van der Waals surface area contributed by atoms with Gasteiger partial charge in [-0.25, -0.2) is 0 Å². The van der Waals surface area contributed by atoms with Gasteiger partial charge in [0.25, 0.3) is 0 Å². The summed E-state index contributed by atoms with van der Waals surface area (Å²) in [4.78, 5) is 2.52. The van der Waals surface area contributed by atoms with Crippen LogP contribution in [0.25, 0.3) is 0 Å². The highest BCUT2D eigenvalue weighted by Crippen LogP contribution is 2.36. The van der Waals surface area contributed by atoms with Gasteiger partial charge in [0.1, 0.15) is 0 Å². The van der Waals surface area contributed by atoms with Gasteiger partial charge in [-0.3, -0.25) is 4.90 Å². The molecule has 2 bridgehead atoms. The maximum atomic E-state index is 9.78. The van der Waals surface area contributed by atoms with Crippen LogP contribution in [-0.4, -0.2) is 34.2 Å². The number of piperidine rings is 1. The first-order valence-corrected chi connectivity index (χ1v) is 5.15. The van der Waals surface area contributed by atoms with E-state index in [1.54, 1.807) is 0 Å². The molecule has 0 spiro atoms. The van der Waals surface area contributed by atoms with Crippen molar-refractivity contribution < 1.29 is 5.11 Å². The Hall–Kier alpha value is -0.0800. The van der Waals surface area contributed by atoms with Gasteiger partial charge >= 0.3 is 0 Å². The molecule has 70 valence electrons. The van der Waals surface area contributed by atoms with Gasteiger partial charge < -0.3 is 5.11 Å². The Morgan fingerprint density at radius 1 is 1.33 bits per heavy atom. The summed E-state index contributed by atoms with van der Waals surface area (Å²) in [6.45, 7) is 4.48. The van der Waals surface area contributed by atoms with Gasteiger partial charge in [-0.2, -0.15) is 0 Å². The van der Waals surface area contributed by atoms with Crippen LogP contribution in [-0.2, 0) is 0 Å². The minimum absolute atomic E-state index is 0.0418. The Morgan fingerprint density at radius 2 is 2.08 bits per heavy atom. The lowest BCUT2D eigenvalue weighted by molar-refractivity contribution is 0.0611. The Labute approximate surface area is 74.6 Å². The van der Waals surface area contributed by atoms with Crippen molar-refractivity contribution >= 4 is 0 Å². The van der Waals surface area contributed by atoms with E-state index in [1.807, 2.05) is 0 Å². The standard InChI is InChI=1S/C10H19NO/c1-7(2)11-8-4-3-5-9(11)10(12)6-8/h7-10,12H,3-6H2,1-2H3/t8-,9+,10+/m1/s1. The molecule has 0 aromatic carbocycles. The Bertz CT molecular complexity index is 169. The fourth-order valence-corrected chi connectivity index (χ4v) is 3.00. The quantitative estimate of drug-likeness (QED) is 0.641. The van der Waals surface area contributed by atoms with Crippen molar-refractivity contribution in [2.45, 2.75) is 63.8 Å². The van der Waals surface area contributed by atoms with Crippen LogP contribution in [0.4, 0.5) is 0 Å². The fraction of sp³-hybridized carbons (Fsp3) is 1.00. The third kappa shape index (κ3) is 1.17. The molecular weight excluding hydrogens is 150 g/mol. The molecule has 0 unspecified atom stereocenters. The summed E-state index contributed by atoms with van der Waals surface area (Å²) in [5.74, 6) is 0. The molecule has 0 amide bonds. The third-order valence-electron chi connectivity index (χ3n) is 3.40. The molecule has 0 aliphatic carbocycles. The summed E-state index contributed by atoms with van der Waals surface area (Å²) in [7, 11) is 0. The van der Waals surface area contributed by atoms with Crippen molar-refractivity contribution in [3.63, 3.8) is 0 Å². The largest absolute Gasteiger partial charge is 0.391 e. The molecule has 2 heterocycles. The lowest BCUT2D eigenvalue weighted by Gasteiger charge is -2.37. The van der Waals surface area contributed by atoms with Gasteiger partial charge in [0, 0.05) is 18.1 Å². The van der Waals surface area contributed by atoms with Crippen LogP contribution in [0.3, 0.4) is 0 Å².